The highest BCUT2D eigenvalue weighted by Crippen LogP contribution is 2.42. The number of phenols is 1. The van der Waals surface area contributed by atoms with Crippen LogP contribution in [0.25, 0.3) is 10.8 Å². The molecule has 0 aromatic heterocycles. The van der Waals surface area contributed by atoms with Crippen molar-refractivity contribution in [3.05, 3.63) is 102 Å². The summed E-state index contributed by atoms with van der Waals surface area (Å²) in [5.74, 6) is -0.353. The van der Waals surface area contributed by atoms with Crippen molar-refractivity contribution in [3.8, 4) is 5.75 Å². The van der Waals surface area contributed by atoms with E-state index in [0.29, 0.717) is 21.7 Å². The van der Waals surface area contributed by atoms with E-state index in [9.17, 15) is 18.3 Å². The number of phenolic OH excluding ortho intramolecular Hbond substituents is 1. The van der Waals surface area contributed by atoms with Gasteiger partial charge in [-0.3, -0.25) is 9.10 Å². The first-order valence-corrected chi connectivity index (χ1v) is 11.6. The molecule has 0 aliphatic carbocycles. The van der Waals surface area contributed by atoms with Gasteiger partial charge in [-0.2, -0.15) is 5.10 Å². The van der Waals surface area contributed by atoms with Gasteiger partial charge in [0.25, 0.3) is 15.9 Å². The lowest BCUT2D eigenvalue weighted by Crippen LogP contribution is -2.26. The third-order valence-electron chi connectivity index (χ3n) is 5.53. The fraction of sp³-hybridized carbons (Fsp3) is 0.0400. The van der Waals surface area contributed by atoms with Crippen LogP contribution >= 0.6 is 0 Å². The summed E-state index contributed by atoms with van der Waals surface area (Å²) in [4.78, 5) is 12.7. The van der Waals surface area contributed by atoms with Gasteiger partial charge in [-0.25, -0.2) is 13.8 Å². The monoisotopic (exact) mass is 457 g/mol. The number of hydrogen-bond acceptors (Lipinski definition) is 5. The number of anilines is 1. The molecule has 0 saturated heterocycles. The number of hydrogen-bond donors (Lipinski definition) is 2. The van der Waals surface area contributed by atoms with Crippen LogP contribution in [0.15, 0.2) is 94.9 Å². The average Bonchev–Trinajstić information content (AvgIpc) is 3.04. The minimum Gasteiger partial charge on any atom is -0.507 e. The third-order valence-corrected chi connectivity index (χ3v) is 7.33. The summed E-state index contributed by atoms with van der Waals surface area (Å²) < 4.78 is 27.7. The molecule has 2 N–H and O–H groups in total. The number of aromatic hydroxyl groups is 1. The first kappa shape index (κ1) is 20.7. The van der Waals surface area contributed by atoms with Crippen molar-refractivity contribution in [2.75, 3.05) is 4.31 Å². The van der Waals surface area contributed by atoms with Crippen molar-refractivity contribution < 1.29 is 18.3 Å². The normalized spacial score (nSPS) is 14.1. The molecule has 33 heavy (non-hydrogen) atoms. The van der Waals surface area contributed by atoms with Gasteiger partial charge in [0.2, 0.25) is 0 Å². The highest BCUT2D eigenvalue weighted by atomic mass is 32.2. The molecule has 5 rings (SSSR count). The van der Waals surface area contributed by atoms with Crippen LogP contribution in [-0.2, 0) is 16.6 Å². The standard InChI is InChI=1S/C25H19N3O4S/c29-22-9-2-1-5-20(22)15-26-27-25(30)19-13-11-17(12-14-19)16-28-21-8-3-6-18-7-4-10-23(24(18)21)33(28,31)32/h1-15,29H,16H2,(H,27,30). The molecule has 1 amide bonds. The lowest BCUT2D eigenvalue weighted by Gasteiger charge is -2.19. The van der Waals surface area contributed by atoms with Crippen molar-refractivity contribution in [1.29, 1.82) is 0 Å². The number of hydrazone groups is 1. The van der Waals surface area contributed by atoms with Gasteiger partial charge < -0.3 is 5.11 Å². The number of nitrogens with one attached hydrogen (secondary N) is 1. The Bertz CT molecular complexity index is 1510. The molecular formula is C25H19N3O4S. The number of carbonyl (C=O) groups excluding carboxylic acids is 1. The Morgan fingerprint density at radius 2 is 1.67 bits per heavy atom. The topological polar surface area (TPSA) is 99.1 Å². The van der Waals surface area contributed by atoms with Crippen molar-refractivity contribution in [2.45, 2.75) is 11.4 Å². The number of amides is 1. The fourth-order valence-electron chi connectivity index (χ4n) is 3.88. The molecule has 0 bridgehead atoms. The molecule has 1 heterocycles. The van der Waals surface area contributed by atoms with Gasteiger partial charge in [-0.05, 0) is 47.3 Å². The number of sulfonamides is 1. The largest absolute Gasteiger partial charge is 0.507 e. The van der Waals surface area contributed by atoms with Crippen LogP contribution in [0.2, 0.25) is 0 Å². The zero-order valence-electron chi connectivity index (χ0n) is 17.3. The molecule has 0 fully saturated rings. The third kappa shape index (κ3) is 3.70. The first-order chi connectivity index (χ1) is 15.9. The number of nitrogens with zero attached hydrogens (tertiary/aromatic N) is 2. The Morgan fingerprint density at radius 3 is 2.42 bits per heavy atom. The maximum Gasteiger partial charge on any atom is 0.271 e. The van der Waals surface area contributed by atoms with E-state index in [1.165, 1.54) is 16.6 Å². The van der Waals surface area contributed by atoms with Crippen molar-refractivity contribution in [1.82, 2.24) is 5.43 Å². The summed E-state index contributed by atoms with van der Waals surface area (Å²) >= 11 is 0. The highest BCUT2D eigenvalue weighted by molar-refractivity contribution is 7.93. The van der Waals surface area contributed by atoms with Gasteiger partial charge in [0.15, 0.2) is 0 Å². The Morgan fingerprint density at radius 1 is 0.939 bits per heavy atom. The van der Waals surface area contributed by atoms with Crippen molar-refractivity contribution >= 4 is 38.6 Å². The predicted molar refractivity (Wildman–Crippen MR) is 127 cm³/mol. The van der Waals surface area contributed by atoms with E-state index >= 15 is 0 Å². The van der Waals surface area contributed by atoms with E-state index in [0.717, 1.165) is 16.3 Å². The summed E-state index contributed by atoms with van der Waals surface area (Å²) in [7, 11) is -3.65. The zero-order valence-corrected chi connectivity index (χ0v) is 18.2. The van der Waals surface area contributed by atoms with Crippen LogP contribution in [0.5, 0.6) is 5.75 Å². The predicted octanol–water partition coefficient (Wildman–Crippen LogP) is 4.02. The molecular weight excluding hydrogens is 438 g/mol. The number of carbonyl (C=O) groups is 1. The Labute approximate surface area is 190 Å². The van der Waals surface area contributed by atoms with E-state index in [-0.39, 0.29) is 12.3 Å². The molecule has 1 aliphatic heterocycles. The summed E-state index contributed by atoms with van der Waals surface area (Å²) in [6.07, 6.45) is 1.36. The second kappa shape index (κ2) is 8.07. The van der Waals surface area contributed by atoms with Crippen LogP contribution in [0.4, 0.5) is 5.69 Å². The zero-order chi connectivity index (χ0) is 23.0. The number of para-hydroxylation sites is 1. The molecule has 0 spiro atoms. The molecule has 7 nitrogen and oxygen atoms in total. The average molecular weight is 458 g/mol. The van der Waals surface area contributed by atoms with Crippen LogP contribution in [0.1, 0.15) is 21.5 Å². The van der Waals surface area contributed by atoms with Gasteiger partial charge in [0, 0.05) is 16.5 Å². The Hall–Kier alpha value is -4.17. The summed E-state index contributed by atoms with van der Waals surface area (Å²) in [6.45, 7) is 0.156. The smallest absolute Gasteiger partial charge is 0.271 e. The van der Waals surface area contributed by atoms with Crippen LogP contribution in [0.3, 0.4) is 0 Å². The van der Waals surface area contributed by atoms with Crippen LogP contribution in [0, 0.1) is 0 Å². The SMILES string of the molecule is O=C(NN=Cc1ccccc1O)c1ccc(CN2c3cccc4cccc(c34)S2(=O)=O)cc1. The van der Waals surface area contributed by atoms with Gasteiger partial charge in [0.05, 0.1) is 23.3 Å². The van der Waals surface area contributed by atoms with Crippen molar-refractivity contribution in [2.24, 2.45) is 5.10 Å². The van der Waals surface area contributed by atoms with Crippen LogP contribution in [-0.4, -0.2) is 25.6 Å². The lowest BCUT2D eigenvalue weighted by molar-refractivity contribution is 0.0955. The summed E-state index contributed by atoms with van der Waals surface area (Å²) in [5.41, 5.74) is 4.68. The van der Waals surface area contributed by atoms with Gasteiger partial charge in [0.1, 0.15) is 5.75 Å². The minimum absolute atomic E-state index is 0.0644. The van der Waals surface area contributed by atoms with Gasteiger partial charge >= 0.3 is 0 Å². The number of rotatable bonds is 5. The molecule has 0 unspecified atom stereocenters. The van der Waals surface area contributed by atoms with E-state index in [1.54, 1.807) is 60.7 Å². The van der Waals surface area contributed by atoms with E-state index < -0.39 is 15.9 Å². The molecule has 1 aliphatic rings. The second-order valence-electron chi connectivity index (χ2n) is 7.60. The van der Waals surface area contributed by atoms with E-state index in [4.69, 9.17) is 0 Å². The fourth-order valence-corrected chi connectivity index (χ4v) is 5.58. The lowest BCUT2D eigenvalue weighted by atomic mass is 10.1. The van der Waals surface area contributed by atoms with Crippen LogP contribution < -0.4 is 9.73 Å². The van der Waals surface area contributed by atoms with E-state index in [2.05, 4.69) is 10.5 Å². The van der Waals surface area contributed by atoms with Gasteiger partial charge in [-0.15, -0.1) is 0 Å². The maximum absolute atomic E-state index is 13.1. The quantitative estimate of drug-likeness (QED) is 0.349. The second-order valence-corrected chi connectivity index (χ2v) is 9.43. The molecule has 4 aromatic carbocycles. The van der Waals surface area contributed by atoms with Crippen molar-refractivity contribution in [3.63, 3.8) is 0 Å². The molecule has 4 aromatic rings. The Balaban J connectivity index is 1.32. The summed E-state index contributed by atoms with van der Waals surface area (Å²) in [5, 5.41) is 15.2. The van der Waals surface area contributed by atoms with E-state index in [1.807, 2.05) is 18.2 Å². The maximum atomic E-state index is 13.1. The molecule has 0 radical (unpaired) electrons. The molecule has 0 atom stereocenters. The first-order valence-electron chi connectivity index (χ1n) is 10.2. The molecule has 8 heteroatoms. The molecule has 0 saturated carbocycles. The minimum atomic E-state index is -3.65. The van der Waals surface area contributed by atoms with Gasteiger partial charge in [-0.1, -0.05) is 48.5 Å². The Kier molecular flexibility index (Phi) is 5.07. The number of benzene rings is 4. The summed E-state index contributed by atoms with van der Waals surface area (Å²) in [6, 6.07) is 24.2. The highest BCUT2D eigenvalue weighted by Gasteiger charge is 2.35. The molecule has 164 valence electrons.